The predicted molar refractivity (Wildman–Crippen MR) is 94.6 cm³/mol. The number of likely N-dealkylation sites (tertiary alicyclic amines) is 1. The van der Waals surface area contributed by atoms with Crippen LogP contribution in [0.5, 0.6) is 0 Å². The van der Waals surface area contributed by atoms with Crippen LogP contribution in [0.4, 0.5) is 15.8 Å². The first-order valence-electron chi connectivity index (χ1n) is 7.68. The third-order valence-electron chi connectivity index (χ3n) is 4.07. The summed E-state index contributed by atoms with van der Waals surface area (Å²) >= 11 is 3.28. The zero-order chi connectivity index (χ0) is 18.0. The van der Waals surface area contributed by atoms with E-state index in [1.807, 2.05) is 0 Å². The number of hydrogen-bond donors (Lipinski definition) is 1. The molecule has 1 N–H and O–H groups in total. The van der Waals surface area contributed by atoms with E-state index in [-0.39, 0.29) is 17.4 Å². The molecule has 1 fully saturated rings. The first-order chi connectivity index (χ1) is 11.9. The zero-order valence-corrected chi connectivity index (χ0v) is 14.7. The van der Waals surface area contributed by atoms with Crippen LogP contribution >= 0.6 is 15.9 Å². The maximum Gasteiger partial charge on any atom is 0.292 e. The number of benzene rings is 2. The van der Waals surface area contributed by atoms with Crippen LogP contribution in [-0.4, -0.2) is 28.3 Å². The van der Waals surface area contributed by atoms with E-state index in [9.17, 15) is 19.3 Å². The minimum absolute atomic E-state index is 0.0759. The Balaban J connectivity index is 1.71. The lowest BCUT2D eigenvalue weighted by molar-refractivity contribution is -0.384. The molecule has 8 heteroatoms. The van der Waals surface area contributed by atoms with Crippen LogP contribution < -0.4 is 5.32 Å². The summed E-state index contributed by atoms with van der Waals surface area (Å²) < 4.78 is 13.7. The number of nitro benzene ring substituents is 1. The van der Waals surface area contributed by atoms with Crippen molar-refractivity contribution in [1.29, 1.82) is 0 Å². The highest BCUT2D eigenvalue weighted by molar-refractivity contribution is 9.10. The van der Waals surface area contributed by atoms with E-state index >= 15 is 0 Å². The molecule has 25 heavy (non-hydrogen) atoms. The minimum atomic E-state index is -0.520. The van der Waals surface area contributed by atoms with Gasteiger partial charge in [0.2, 0.25) is 5.91 Å². The molecule has 1 unspecified atom stereocenters. The van der Waals surface area contributed by atoms with Crippen LogP contribution in [0.3, 0.4) is 0 Å². The second-order valence-electron chi connectivity index (χ2n) is 5.79. The SMILES string of the molecule is O=C1C(Nc2cc(Br)ccc2[N+](=O)[O-])CCN1Cc1ccc(F)cc1. The lowest BCUT2D eigenvalue weighted by Gasteiger charge is -2.18. The third-order valence-corrected chi connectivity index (χ3v) is 4.56. The van der Waals surface area contributed by atoms with Crippen molar-refractivity contribution in [2.45, 2.75) is 19.0 Å². The van der Waals surface area contributed by atoms with Gasteiger partial charge in [-0.2, -0.15) is 0 Å². The van der Waals surface area contributed by atoms with Crippen LogP contribution in [0, 0.1) is 15.9 Å². The molecule has 2 aromatic rings. The highest BCUT2D eigenvalue weighted by Crippen LogP contribution is 2.30. The molecule has 1 amide bonds. The molecular weight excluding hydrogens is 393 g/mol. The molecule has 1 atom stereocenters. The van der Waals surface area contributed by atoms with Crippen LogP contribution in [-0.2, 0) is 11.3 Å². The molecule has 0 spiro atoms. The summed E-state index contributed by atoms with van der Waals surface area (Å²) in [4.78, 5) is 24.9. The molecule has 3 rings (SSSR count). The van der Waals surface area contributed by atoms with E-state index < -0.39 is 11.0 Å². The number of carbonyl (C=O) groups excluding carboxylic acids is 1. The smallest absolute Gasteiger partial charge is 0.292 e. The summed E-state index contributed by atoms with van der Waals surface area (Å²) in [6.45, 7) is 0.924. The molecule has 6 nitrogen and oxygen atoms in total. The van der Waals surface area contributed by atoms with Crippen molar-refractivity contribution in [1.82, 2.24) is 4.90 Å². The Morgan fingerprint density at radius 1 is 1.28 bits per heavy atom. The summed E-state index contributed by atoms with van der Waals surface area (Å²) in [5.41, 5.74) is 1.07. The second-order valence-corrected chi connectivity index (χ2v) is 6.71. The molecule has 0 aromatic heterocycles. The van der Waals surface area contributed by atoms with E-state index in [0.717, 1.165) is 5.56 Å². The standard InChI is InChI=1S/C17H15BrFN3O3/c18-12-3-6-16(22(24)25)15(9-12)20-14-7-8-21(17(14)23)10-11-1-4-13(19)5-2-11/h1-6,9,14,20H,7-8,10H2. The third kappa shape index (κ3) is 3.96. The number of carbonyl (C=O) groups is 1. The van der Waals surface area contributed by atoms with Gasteiger partial charge in [-0.1, -0.05) is 28.1 Å². The average molecular weight is 408 g/mol. The summed E-state index contributed by atoms with van der Waals surface area (Å²) in [6.07, 6.45) is 0.545. The van der Waals surface area contributed by atoms with Crippen molar-refractivity contribution in [3.05, 3.63) is 68.4 Å². The van der Waals surface area contributed by atoms with Gasteiger partial charge >= 0.3 is 0 Å². The summed E-state index contributed by atoms with van der Waals surface area (Å²) in [7, 11) is 0. The van der Waals surface area contributed by atoms with Crippen LogP contribution in [0.2, 0.25) is 0 Å². The van der Waals surface area contributed by atoms with E-state index in [1.54, 1.807) is 29.2 Å². The summed E-state index contributed by atoms with van der Waals surface area (Å²) in [5, 5.41) is 14.1. The summed E-state index contributed by atoms with van der Waals surface area (Å²) in [5.74, 6) is -0.448. The van der Waals surface area contributed by atoms with Gasteiger partial charge in [0.15, 0.2) is 0 Å². The Morgan fingerprint density at radius 2 is 2.00 bits per heavy atom. The Hall–Kier alpha value is -2.48. The van der Waals surface area contributed by atoms with E-state index in [2.05, 4.69) is 21.2 Å². The molecule has 1 aliphatic heterocycles. The van der Waals surface area contributed by atoms with E-state index in [0.29, 0.717) is 29.7 Å². The number of anilines is 1. The molecule has 1 aliphatic rings. The Kier molecular flexibility index (Phi) is 4.98. The lowest BCUT2D eigenvalue weighted by atomic mass is 10.2. The second kappa shape index (κ2) is 7.18. The van der Waals surface area contributed by atoms with E-state index in [4.69, 9.17) is 0 Å². The van der Waals surface area contributed by atoms with Crippen LogP contribution in [0.25, 0.3) is 0 Å². The number of nitrogens with zero attached hydrogens (tertiary/aromatic N) is 2. The monoisotopic (exact) mass is 407 g/mol. The van der Waals surface area contributed by atoms with Gasteiger partial charge in [0.25, 0.3) is 5.69 Å². The first kappa shape index (κ1) is 17.3. The number of rotatable bonds is 5. The van der Waals surface area contributed by atoms with Crippen molar-refractivity contribution in [2.75, 3.05) is 11.9 Å². The zero-order valence-electron chi connectivity index (χ0n) is 13.1. The number of amides is 1. The highest BCUT2D eigenvalue weighted by atomic mass is 79.9. The topological polar surface area (TPSA) is 75.5 Å². The minimum Gasteiger partial charge on any atom is -0.368 e. The normalized spacial score (nSPS) is 17.0. The number of nitrogens with one attached hydrogen (secondary N) is 1. The quantitative estimate of drug-likeness (QED) is 0.605. The van der Waals surface area contributed by atoms with Gasteiger partial charge in [-0.25, -0.2) is 4.39 Å². The fraction of sp³-hybridized carbons (Fsp3) is 0.235. The Labute approximate surface area is 151 Å². The molecule has 0 radical (unpaired) electrons. The predicted octanol–water partition coefficient (Wildman–Crippen LogP) is 3.71. The molecular formula is C17H15BrFN3O3. The molecule has 0 saturated carbocycles. The Bertz CT molecular complexity index is 813. The average Bonchev–Trinajstić information content (AvgIpc) is 2.90. The van der Waals surface area contributed by atoms with Crippen molar-refractivity contribution in [2.24, 2.45) is 0 Å². The number of nitro groups is 1. The molecule has 0 aliphatic carbocycles. The molecule has 130 valence electrons. The van der Waals surface area contributed by atoms with Crippen molar-refractivity contribution in [3.8, 4) is 0 Å². The maximum atomic E-state index is 13.0. The van der Waals surface area contributed by atoms with Gasteiger partial charge in [-0.3, -0.25) is 14.9 Å². The largest absolute Gasteiger partial charge is 0.368 e. The molecule has 0 bridgehead atoms. The van der Waals surface area contributed by atoms with Gasteiger partial charge in [0.1, 0.15) is 17.5 Å². The molecule has 1 heterocycles. The van der Waals surface area contributed by atoms with Gasteiger partial charge in [0, 0.05) is 23.6 Å². The fourth-order valence-electron chi connectivity index (χ4n) is 2.81. The lowest BCUT2D eigenvalue weighted by Crippen LogP contribution is -2.33. The molecule has 2 aromatic carbocycles. The van der Waals surface area contributed by atoms with Crippen molar-refractivity contribution in [3.63, 3.8) is 0 Å². The maximum absolute atomic E-state index is 13.0. The van der Waals surface area contributed by atoms with Crippen LogP contribution in [0.15, 0.2) is 46.9 Å². The number of hydrogen-bond acceptors (Lipinski definition) is 4. The van der Waals surface area contributed by atoms with Crippen LogP contribution in [0.1, 0.15) is 12.0 Å². The van der Waals surface area contributed by atoms with Crippen molar-refractivity contribution >= 4 is 33.2 Å². The number of halogens is 2. The van der Waals surface area contributed by atoms with Crippen molar-refractivity contribution < 1.29 is 14.1 Å². The molecule has 1 saturated heterocycles. The fourth-order valence-corrected chi connectivity index (χ4v) is 3.17. The Morgan fingerprint density at radius 3 is 2.68 bits per heavy atom. The van der Waals surface area contributed by atoms with Gasteiger partial charge < -0.3 is 10.2 Å². The highest BCUT2D eigenvalue weighted by Gasteiger charge is 2.32. The van der Waals surface area contributed by atoms with Gasteiger partial charge in [-0.15, -0.1) is 0 Å². The summed E-state index contributed by atoms with van der Waals surface area (Å²) in [6, 6.07) is 10.0. The first-order valence-corrected chi connectivity index (χ1v) is 8.47. The van der Waals surface area contributed by atoms with Gasteiger partial charge in [-0.05, 0) is 36.2 Å². The van der Waals surface area contributed by atoms with E-state index in [1.165, 1.54) is 18.2 Å². The van der Waals surface area contributed by atoms with Gasteiger partial charge in [0.05, 0.1) is 4.92 Å².